The fourth-order valence-corrected chi connectivity index (χ4v) is 3.62. The van der Waals surface area contributed by atoms with E-state index in [0.29, 0.717) is 43.2 Å². The second kappa shape index (κ2) is 9.35. The molecule has 7 nitrogen and oxygen atoms in total. The number of aliphatic carboxylic acids is 1. The number of halogens is 4. The summed E-state index contributed by atoms with van der Waals surface area (Å²) < 4.78 is 48.2. The van der Waals surface area contributed by atoms with Crippen molar-refractivity contribution in [1.82, 2.24) is 9.80 Å². The Hall–Kier alpha value is -2.20. The number of carbonyl (C=O) groups excluding carboxylic acids is 1. The van der Waals surface area contributed by atoms with Crippen LogP contribution in [0.1, 0.15) is 30.9 Å². The summed E-state index contributed by atoms with van der Waals surface area (Å²) >= 11 is 6.44. The summed E-state index contributed by atoms with van der Waals surface area (Å²) in [6.07, 6.45) is -6.63. The maximum Gasteiger partial charge on any atom is 0.425 e. The normalized spacial score (nSPS) is 19.4. The van der Waals surface area contributed by atoms with Crippen molar-refractivity contribution in [3.05, 3.63) is 28.3 Å². The number of hydrogen-bond acceptors (Lipinski definition) is 5. The zero-order valence-electron chi connectivity index (χ0n) is 17.9. The SMILES string of the molecule is Cc1ccc(CN2CCN(C(=O)OC(C)C(F)(F)F)CC2)c(OCC2(C(=O)O)CC2)c1Cl. The molecule has 0 spiro atoms. The highest BCUT2D eigenvalue weighted by atomic mass is 35.5. The summed E-state index contributed by atoms with van der Waals surface area (Å²) in [6, 6.07) is 3.71. The molecule has 1 N–H and O–H groups in total. The van der Waals surface area contributed by atoms with Crippen molar-refractivity contribution in [1.29, 1.82) is 0 Å². The predicted octanol–water partition coefficient (Wildman–Crippen LogP) is 4.10. The zero-order valence-corrected chi connectivity index (χ0v) is 18.6. The number of alkyl halides is 3. The van der Waals surface area contributed by atoms with Gasteiger partial charge in [-0.25, -0.2) is 4.79 Å². The predicted molar refractivity (Wildman–Crippen MR) is 110 cm³/mol. The third-order valence-corrected chi connectivity index (χ3v) is 6.40. The van der Waals surface area contributed by atoms with Crippen molar-refractivity contribution in [2.75, 3.05) is 32.8 Å². The summed E-state index contributed by atoms with van der Waals surface area (Å²) in [5.74, 6) is -0.439. The maximum absolute atomic E-state index is 12.6. The molecule has 1 aliphatic heterocycles. The maximum atomic E-state index is 12.6. The van der Waals surface area contributed by atoms with Crippen molar-refractivity contribution in [2.24, 2.45) is 5.41 Å². The molecule has 1 saturated heterocycles. The van der Waals surface area contributed by atoms with Crippen LogP contribution in [0.5, 0.6) is 5.75 Å². The minimum atomic E-state index is -4.60. The Morgan fingerprint density at radius 1 is 1.22 bits per heavy atom. The summed E-state index contributed by atoms with van der Waals surface area (Å²) in [4.78, 5) is 26.7. The van der Waals surface area contributed by atoms with E-state index in [2.05, 4.69) is 4.74 Å². The lowest BCUT2D eigenvalue weighted by molar-refractivity contribution is -0.200. The Balaban J connectivity index is 1.59. The first-order valence-electron chi connectivity index (χ1n) is 10.3. The van der Waals surface area contributed by atoms with Gasteiger partial charge in [0.2, 0.25) is 0 Å². The molecule has 1 aliphatic carbocycles. The third kappa shape index (κ3) is 5.58. The molecule has 1 saturated carbocycles. The van der Waals surface area contributed by atoms with Crippen LogP contribution < -0.4 is 4.74 Å². The molecular weight excluding hydrogens is 453 g/mol. The molecule has 178 valence electrons. The van der Waals surface area contributed by atoms with E-state index in [-0.39, 0.29) is 19.7 Å². The van der Waals surface area contributed by atoms with Crippen LogP contribution in [0.15, 0.2) is 12.1 Å². The monoisotopic (exact) mass is 478 g/mol. The van der Waals surface area contributed by atoms with Gasteiger partial charge in [0.05, 0.1) is 5.02 Å². The van der Waals surface area contributed by atoms with Crippen molar-refractivity contribution in [3.8, 4) is 5.75 Å². The highest BCUT2D eigenvalue weighted by molar-refractivity contribution is 6.32. The highest BCUT2D eigenvalue weighted by Gasteiger charge is 2.51. The minimum absolute atomic E-state index is 0.0372. The van der Waals surface area contributed by atoms with Crippen LogP contribution in [0.4, 0.5) is 18.0 Å². The van der Waals surface area contributed by atoms with Crippen LogP contribution in [0, 0.1) is 12.3 Å². The van der Waals surface area contributed by atoms with E-state index in [0.717, 1.165) is 18.1 Å². The van der Waals surface area contributed by atoms with Crippen molar-refractivity contribution in [2.45, 2.75) is 45.5 Å². The Morgan fingerprint density at radius 2 is 1.84 bits per heavy atom. The highest BCUT2D eigenvalue weighted by Crippen LogP contribution is 2.47. The van der Waals surface area contributed by atoms with Gasteiger partial charge in [-0.2, -0.15) is 13.2 Å². The fourth-order valence-electron chi connectivity index (χ4n) is 3.38. The first-order valence-corrected chi connectivity index (χ1v) is 10.7. The number of aryl methyl sites for hydroxylation is 1. The number of piperazine rings is 1. The smallest absolute Gasteiger partial charge is 0.425 e. The van der Waals surface area contributed by atoms with Crippen molar-refractivity contribution in [3.63, 3.8) is 0 Å². The number of amides is 1. The average molecular weight is 479 g/mol. The van der Waals surface area contributed by atoms with Gasteiger partial charge in [-0.3, -0.25) is 9.69 Å². The molecule has 2 fully saturated rings. The van der Waals surface area contributed by atoms with Crippen LogP contribution in [-0.4, -0.2) is 72.0 Å². The van der Waals surface area contributed by atoms with Gasteiger partial charge in [0.15, 0.2) is 6.10 Å². The van der Waals surface area contributed by atoms with Crippen LogP contribution in [0.25, 0.3) is 0 Å². The second-order valence-corrected chi connectivity index (χ2v) is 8.77. The molecule has 1 heterocycles. The largest absolute Gasteiger partial charge is 0.490 e. The van der Waals surface area contributed by atoms with E-state index in [4.69, 9.17) is 16.3 Å². The third-order valence-electron chi connectivity index (χ3n) is 5.93. The molecule has 3 rings (SSSR count). The van der Waals surface area contributed by atoms with Crippen LogP contribution in [-0.2, 0) is 16.1 Å². The van der Waals surface area contributed by atoms with Gasteiger partial charge >= 0.3 is 18.2 Å². The van der Waals surface area contributed by atoms with Crippen LogP contribution in [0.2, 0.25) is 5.02 Å². The molecule has 1 aromatic carbocycles. The van der Waals surface area contributed by atoms with Gasteiger partial charge in [0.1, 0.15) is 17.8 Å². The van der Waals surface area contributed by atoms with E-state index < -0.39 is 29.8 Å². The lowest BCUT2D eigenvalue weighted by atomic mass is 10.1. The number of nitrogens with zero attached hydrogens (tertiary/aromatic N) is 2. The lowest BCUT2D eigenvalue weighted by Gasteiger charge is -2.35. The van der Waals surface area contributed by atoms with E-state index in [1.165, 1.54) is 4.90 Å². The molecule has 1 unspecified atom stereocenters. The fraction of sp³-hybridized carbons (Fsp3) is 0.619. The number of benzene rings is 1. The standard InChI is InChI=1S/C21H26ClF3N2O5/c1-13-3-4-15(17(16(13)22)31-12-20(5-6-20)18(28)29)11-26-7-9-27(10-8-26)19(30)32-14(2)21(23,24)25/h3-4,14H,5-12H2,1-2H3,(H,28,29). The number of carbonyl (C=O) groups is 2. The summed E-state index contributed by atoms with van der Waals surface area (Å²) in [5, 5.41) is 9.80. The molecule has 2 aliphatic rings. The van der Waals surface area contributed by atoms with Gasteiger partial charge < -0.3 is 19.5 Å². The number of rotatable bonds is 7. The molecule has 1 amide bonds. The molecule has 0 aromatic heterocycles. The number of hydrogen-bond donors (Lipinski definition) is 1. The number of carboxylic acid groups (broad SMARTS) is 1. The van der Waals surface area contributed by atoms with Gasteiger partial charge in [-0.1, -0.05) is 23.7 Å². The van der Waals surface area contributed by atoms with Crippen LogP contribution >= 0.6 is 11.6 Å². The molecular formula is C21H26ClF3N2O5. The molecule has 1 atom stereocenters. The minimum Gasteiger partial charge on any atom is -0.490 e. The Kier molecular flexibility index (Phi) is 7.14. The molecule has 0 bridgehead atoms. The van der Waals surface area contributed by atoms with Crippen molar-refractivity contribution >= 4 is 23.7 Å². The van der Waals surface area contributed by atoms with E-state index in [1.807, 2.05) is 24.0 Å². The first-order chi connectivity index (χ1) is 14.9. The quantitative estimate of drug-likeness (QED) is 0.635. The van der Waals surface area contributed by atoms with Crippen LogP contribution in [0.3, 0.4) is 0 Å². The molecule has 1 aromatic rings. The van der Waals surface area contributed by atoms with E-state index in [9.17, 15) is 27.9 Å². The number of carboxylic acids is 1. The molecule has 11 heteroatoms. The van der Waals surface area contributed by atoms with Gasteiger partial charge in [-0.15, -0.1) is 0 Å². The lowest BCUT2D eigenvalue weighted by Crippen LogP contribution is -2.49. The van der Waals surface area contributed by atoms with E-state index >= 15 is 0 Å². The first kappa shape index (κ1) is 24.4. The number of ether oxygens (including phenoxy) is 2. The Bertz CT molecular complexity index is 868. The Morgan fingerprint density at radius 3 is 2.38 bits per heavy atom. The van der Waals surface area contributed by atoms with E-state index in [1.54, 1.807) is 0 Å². The summed E-state index contributed by atoms with van der Waals surface area (Å²) in [5.41, 5.74) is 0.726. The van der Waals surface area contributed by atoms with Gasteiger partial charge in [0, 0.05) is 38.3 Å². The molecule has 32 heavy (non-hydrogen) atoms. The van der Waals surface area contributed by atoms with Crippen molar-refractivity contribution < 1.29 is 37.3 Å². The summed E-state index contributed by atoms with van der Waals surface area (Å²) in [7, 11) is 0. The van der Waals surface area contributed by atoms with Gasteiger partial charge in [-0.05, 0) is 32.3 Å². The second-order valence-electron chi connectivity index (χ2n) is 8.39. The Labute approximate surface area is 189 Å². The topological polar surface area (TPSA) is 79.3 Å². The van der Waals surface area contributed by atoms with Gasteiger partial charge in [0.25, 0.3) is 0 Å². The zero-order chi connectivity index (χ0) is 23.7. The summed E-state index contributed by atoms with van der Waals surface area (Å²) in [6.45, 7) is 4.41. The average Bonchev–Trinajstić information content (AvgIpc) is 3.51. The molecule has 0 radical (unpaired) electrons.